The van der Waals surface area contributed by atoms with Gasteiger partial charge in [0, 0.05) is 22.9 Å². The molecule has 3 nitrogen and oxygen atoms in total. The summed E-state index contributed by atoms with van der Waals surface area (Å²) in [5.41, 5.74) is 4.57. The second-order valence-electron chi connectivity index (χ2n) is 5.87. The number of anilines is 2. The summed E-state index contributed by atoms with van der Waals surface area (Å²) in [6, 6.07) is 14.2. The van der Waals surface area contributed by atoms with Gasteiger partial charge in [-0.25, -0.2) is 0 Å². The van der Waals surface area contributed by atoms with Crippen molar-refractivity contribution in [3.8, 4) is 0 Å². The lowest BCUT2D eigenvalue weighted by molar-refractivity contribution is 0.792. The third-order valence-electron chi connectivity index (χ3n) is 4.19. The molecule has 1 heterocycles. The van der Waals surface area contributed by atoms with E-state index in [-0.39, 0.29) is 6.04 Å². The minimum absolute atomic E-state index is 0.243. The Morgan fingerprint density at radius 3 is 2.23 bits per heavy atom. The van der Waals surface area contributed by atoms with E-state index >= 15 is 0 Å². The van der Waals surface area contributed by atoms with Crippen LogP contribution in [0.4, 0.5) is 11.4 Å². The van der Waals surface area contributed by atoms with Gasteiger partial charge in [-0.1, -0.05) is 29.8 Å². The van der Waals surface area contributed by atoms with Gasteiger partial charge in [0.1, 0.15) is 0 Å². The molecule has 1 atom stereocenters. The number of para-hydroxylation sites is 1. The van der Waals surface area contributed by atoms with Gasteiger partial charge in [0.15, 0.2) is 0 Å². The first-order valence-electron chi connectivity index (χ1n) is 7.46. The van der Waals surface area contributed by atoms with E-state index in [1.807, 2.05) is 24.3 Å². The van der Waals surface area contributed by atoms with Crippen LogP contribution in [0.2, 0.25) is 5.02 Å². The van der Waals surface area contributed by atoms with Crippen LogP contribution in [0.1, 0.15) is 18.1 Å². The number of nitrogens with zero attached hydrogens (tertiary/aromatic N) is 2. The molecular weight excluding hydrogens is 294 g/mol. The summed E-state index contributed by atoms with van der Waals surface area (Å²) in [5.74, 6) is 0.521. The molecule has 2 aromatic carbocycles. The van der Waals surface area contributed by atoms with Crippen LogP contribution in [0.3, 0.4) is 0 Å². The maximum absolute atomic E-state index is 8.63. The Bertz CT molecular complexity index is 689. The van der Waals surface area contributed by atoms with Crippen molar-refractivity contribution >= 4 is 28.9 Å². The van der Waals surface area contributed by atoms with Gasteiger partial charge in [0.25, 0.3) is 0 Å². The van der Waals surface area contributed by atoms with Crippen molar-refractivity contribution in [2.75, 3.05) is 16.3 Å². The van der Waals surface area contributed by atoms with Gasteiger partial charge in [-0.2, -0.15) is 0 Å². The van der Waals surface area contributed by atoms with Crippen molar-refractivity contribution in [3.05, 3.63) is 58.6 Å². The van der Waals surface area contributed by atoms with E-state index in [0.717, 1.165) is 17.9 Å². The summed E-state index contributed by atoms with van der Waals surface area (Å²) >= 11 is 5.97. The van der Waals surface area contributed by atoms with Crippen LogP contribution >= 0.6 is 11.6 Å². The zero-order valence-electron chi connectivity index (χ0n) is 13.1. The summed E-state index contributed by atoms with van der Waals surface area (Å²) in [5, 5.41) is 9.35. The summed E-state index contributed by atoms with van der Waals surface area (Å²) in [4.78, 5) is 4.16. The highest BCUT2D eigenvalue weighted by molar-refractivity contribution is 6.30. The lowest BCUT2D eigenvalue weighted by atomic mass is 10.1. The first-order valence-corrected chi connectivity index (χ1v) is 7.84. The van der Waals surface area contributed by atoms with Crippen molar-refractivity contribution in [2.45, 2.75) is 26.8 Å². The molecule has 2 aromatic rings. The number of aryl methyl sites for hydroxylation is 2. The van der Waals surface area contributed by atoms with Crippen molar-refractivity contribution in [2.24, 2.45) is 0 Å². The lowest BCUT2D eigenvalue weighted by Crippen LogP contribution is -2.35. The highest BCUT2D eigenvalue weighted by atomic mass is 35.5. The fourth-order valence-electron chi connectivity index (χ4n) is 3.18. The summed E-state index contributed by atoms with van der Waals surface area (Å²) in [7, 11) is 0. The Labute approximate surface area is 136 Å². The number of guanidine groups is 1. The molecule has 1 unspecified atom stereocenters. The van der Waals surface area contributed by atoms with Gasteiger partial charge < -0.3 is 9.80 Å². The maximum atomic E-state index is 8.63. The van der Waals surface area contributed by atoms with Gasteiger partial charge >= 0.3 is 0 Å². The molecule has 22 heavy (non-hydrogen) atoms. The number of nitrogens with one attached hydrogen (secondary N) is 1. The number of halogens is 1. The number of hydrogen-bond donors (Lipinski definition) is 1. The minimum atomic E-state index is 0.243. The van der Waals surface area contributed by atoms with Crippen LogP contribution in [0.15, 0.2) is 42.5 Å². The first kappa shape index (κ1) is 14.9. The SMILES string of the molecule is Cc1cccc(C)c1N1CC(C)N(c2ccc(Cl)cc2)C1=N. The van der Waals surface area contributed by atoms with Crippen LogP contribution in [0.5, 0.6) is 0 Å². The third-order valence-corrected chi connectivity index (χ3v) is 4.44. The molecule has 4 heteroatoms. The fourth-order valence-corrected chi connectivity index (χ4v) is 3.30. The Morgan fingerprint density at radius 2 is 1.64 bits per heavy atom. The molecule has 1 N–H and O–H groups in total. The second kappa shape index (κ2) is 5.65. The molecular formula is C18H20ClN3. The monoisotopic (exact) mass is 313 g/mol. The molecule has 0 aliphatic carbocycles. The normalized spacial score (nSPS) is 18.2. The molecule has 114 valence electrons. The molecule has 0 saturated carbocycles. The number of rotatable bonds is 2. The van der Waals surface area contributed by atoms with Crippen molar-refractivity contribution in [1.29, 1.82) is 5.41 Å². The van der Waals surface area contributed by atoms with Gasteiger partial charge in [0.2, 0.25) is 5.96 Å². The van der Waals surface area contributed by atoms with E-state index in [1.54, 1.807) is 0 Å². The average molecular weight is 314 g/mol. The molecule has 1 saturated heterocycles. The van der Waals surface area contributed by atoms with Gasteiger partial charge in [0.05, 0.1) is 6.04 Å². The largest absolute Gasteiger partial charge is 0.310 e. The predicted octanol–water partition coefficient (Wildman–Crippen LogP) is 4.61. The molecule has 0 bridgehead atoms. The molecule has 3 rings (SSSR count). The van der Waals surface area contributed by atoms with Crippen molar-refractivity contribution in [3.63, 3.8) is 0 Å². The van der Waals surface area contributed by atoms with Crippen LogP contribution in [0.25, 0.3) is 0 Å². The maximum Gasteiger partial charge on any atom is 0.203 e. The fraction of sp³-hybridized carbons (Fsp3) is 0.278. The predicted molar refractivity (Wildman–Crippen MR) is 94.4 cm³/mol. The molecule has 1 aliphatic rings. The highest BCUT2D eigenvalue weighted by Crippen LogP contribution is 2.32. The standard InChI is InChI=1S/C18H20ClN3/c1-12-5-4-6-13(2)17(12)21-11-14(3)22(18(21)20)16-9-7-15(19)8-10-16/h4-10,14,20H,11H2,1-3H3. The summed E-state index contributed by atoms with van der Waals surface area (Å²) < 4.78 is 0. The van der Waals surface area contributed by atoms with E-state index in [2.05, 4.69) is 48.8 Å². The Morgan fingerprint density at radius 1 is 1.05 bits per heavy atom. The first-order chi connectivity index (χ1) is 10.5. The van der Waals surface area contributed by atoms with Crippen molar-refractivity contribution in [1.82, 2.24) is 0 Å². The topological polar surface area (TPSA) is 30.3 Å². The van der Waals surface area contributed by atoms with E-state index < -0.39 is 0 Å². The Kier molecular flexibility index (Phi) is 3.83. The molecule has 0 radical (unpaired) electrons. The van der Waals surface area contributed by atoms with Crippen LogP contribution in [-0.4, -0.2) is 18.5 Å². The van der Waals surface area contributed by atoms with E-state index in [1.165, 1.54) is 11.1 Å². The smallest absolute Gasteiger partial charge is 0.203 e. The number of hydrogen-bond acceptors (Lipinski definition) is 1. The Balaban J connectivity index is 1.98. The summed E-state index contributed by atoms with van der Waals surface area (Å²) in [6.45, 7) is 7.17. The van der Waals surface area contributed by atoms with Crippen molar-refractivity contribution < 1.29 is 0 Å². The quantitative estimate of drug-likeness (QED) is 0.877. The molecule has 0 spiro atoms. The minimum Gasteiger partial charge on any atom is -0.310 e. The molecule has 1 fully saturated rings. The molecule has 1 aliphatic heterocycles. The number of benzene rings is 2. The average Bonchev–Trinajstić information content (AvgIpc) is 2.75. The van der Waals surface area contributed by atoms with E-state index in [4.69, 9.17) is 17.0 Å². The second-order valence-corrected chi connectivity index (χ2v) is 6.31. The third kappa shape index (κ3) is 2.46. The van der Waals surface area contributed by atoms with Crippen LogP contribution < -0.4 is 9.80 Å². The van der Waals surface area contributed by atoms with Crippen LogP contribution in [-0.2, 0) is 0 Å². The Hall–Kier alpha value is -2.00. The van der Waals surface area contributed by atoms with Gasteiger partial charge in [-0.3, -0.25) is 5.41 Å². The van der Waals surface area contributed by atoms with E-state index in [9.17, 15) is 0 Å². The molecule has 0 aromatic heterocycles. The highest BCUT2D eigenvalue weighted by Gasteiger charge is 2.34. The zero-order valence-corrected chi connectivity index (χ0v) is 13.9. The van der Waals surface area contributed by atoms with Crippen LogP contribution in [0, 0.1) is 19.3 Å². The van der Waals surface area contributed by atoms with Gasteiger partial charge in [-0.05, 0) is 56.2 Å². The zero-order chi connectivity index (χ0) is 15.9. The molecule has 0 amide bonds. The summed E-state index contributed by atoms with van der Waals surface area (Å²) in [6.07, 6.45) is 0. The lowest BCUT2D eigenvalue weighted by Gasteiger charge is -2.25. The van der Waals surface area contributed by atoms with E-state index in [0.29, 0.717) is 11.0 Å². The van der Waals surface area contributed by atoms with Gasteiger partial charge in [-0.15, -0.1) is 0 Å².